The highest BCUT2D eigenvalue weighted by atomic mass is 79.9. The van der Waals surface area contributed by atoms with Crippen LogP contribution in [0.5, 0.6) is 0 Å². The van der Waals surface area contributed by atoms with Gasteiger partial charge in [0.1, 0.15) is 10.7 Å². The van der Waals surface area contributed by atoms with E-state index in [0.29, 0.717) is 18.8 Å². The minimum absolute atomic E-state index is 0.186. The molecule has 0 aliphatic carbocycles. The summed E-state index contributed by atoms with van der Waals surface area (Å²) in [5.74, 6) is 0.590. The second kappa shape index (κ2) is 6.70. The molecule has 0 amide bonds. The van der Waals surface area contributed by atoms with Gasteiger partial charge in [-0.3, -0.25) is 0 Å². The van der Waals surface area contributed by atoms with Gasteiger partial charge in [-0.05, 0) is 29.4 Å². The van der Waals surface area contributed by atoms with Gasteiger partial charge in [-0.2, -0.15) is 0 Å². The number of rotatable bonds is 7. The van der Waals surface area contributed by atoms with Crippen molar-refractivity contribution < 1.29 is 12.8 Å². The second-order valence-corrected chi connectivity index (χ2v) is 6.79. The minimum atomic E-state index is -3.47. The van der Waals surface area contributed by atoms with Crippen LogP contribution in [0, 0.1) is 0 Å². The lowest BCUT2D eigenvalue weighted by atomic mass is 10.3. The maximum atomic E-state index is 12.3. The molecule has 0 unspecified atom stereocenters. The zero-order valence-electron chi connectivity index (χ0n) is 10.9. The first kappa shape index (κ1) is 15.7. The van der Waals surface area contributed by atoms with Crippen molar-refractivity contribution in [2.75, 3.05) is 20.6 Å². The number of nitrogens with one attached hydrogen (secondary N) is 1. The Balaban J connectivity index is 2.97. The van der Waals surface area contributed by atoms with Crippen LogP contribution in [0.25, 0.3) is 0 Å². The van der Waals surface area contributed by atoms with Crippen molar-refractivity contribution in [2.45, 2.75) is 31.2 Å². The molecule has 0 aromatic carbocycles. The van der Waals surface area contributed by atoms with Crippen molar-refractivity contribution in [1.29, 1.82) is 0 Å². The van der Waals surface area contributed by atoms with Crippen molar-refractivity contribution in [3.8, 4) is 0 Å². The Morgan fingerprint density at radius 3 is 2.72 bits per heavy atom. The molecule has 0 radical (unpaired) electrons. The molecule has 104 valence electrons. The quantitative estimate of drug-likeness (QED) is 0.827. The summed E-state index contributed by atoms with van der Waals surface area (Å²) in [7, 11) is -0.113. The number of hydrogen-bond acceptors (Lipinski definition) is 4. The van der Waals surface area contributed by atoms with Gasteiger partial charge in [0.25, 0.3) is 0 Å². The van der Waals surface area contributed by atoms with Gasteiger partial charge in [0, 0.05) is 19.7 Å². The van der Waals surface area contributed by atoms with E-state index < -0.39 is 10.0 Å². The number of sulfonamides is 1. The Morgan fingerprint density at radius 2 is 2.17 bits per heavy atom. The second-order valence-electron chi connectivity index (χ2n) is 4.06. The zero-order valence-corrected chi connectivity index (χ0v) is 13.3. The van der Waals surface area contributed by atoms with Gasteiger partial charge < -0.3 is 9.73 Å². The molecular formula is C11H19BrN2O3S. The number of unbranched alkanes of at least 4 members (excludes halogenated alkanes) is 1. The van der Waals surface area contributed by atoms with E-state index in [1.54, 1.807) is 20.2 Å². The van der Waals surface area contributed by atoms with Crippen molar-refractivity contribution in [2.24, 2.45) is 0 Å². The van der Waals surface area contributed by atoms with E-state index in [1.165, 1.54) is 4.31 Å². The molecule has 7 heteroatoms. The van der Waals surface area contributed by atoms with E-state index in [0.717, 1.165) is 12.8 Å². The van der Waals surface area contributed by atoms with Crippen molar-refractivity contribution in [3.05, 3.63) is 16.5 Å². The molecular weight excluding hydrogens is 320 g/mol. The van der Waals surface area contributed by atoms with Crippen molar-refractivity contribution >= 4 is 26.0 Å². The van der Waals surface area contributed by atoms with E-state index in [1.807, 2.05) is 6.92 Å². The van der Waals surface area contributed by atoms with Crippen LogP contribution >= 0.6 is 15.9 Å². The fourth-order valence-electron chi connectivity index (χ4n) is 1.50. The average Bonchev–Trinajstić information content (AvgIpc) is 2.68. The lowest BCUT2D eigenvalue weighted by molar-refractivity contribution is 0.450. The highest BCUT2D eigenvalue weighted by Crippen LogP contribution is 2.28. The van der Waals surface area contributed by atoms with Crippen molar-refractivity contribution in [3.63, 3.8) is 0 Å². The van der Waals surface area contributed by atoms with Gasteiger partial charge >= 0.3 is 0 Å². The molecule has 1 heterocycles. The summed E-state index contributed by atoms with van der Waals surface area (Å²) >= 11 is 3.16. The first-order valence-corrected chi connectivity index (χ1v) is 8.06. The van der Waals surface area contributed by atoms with Crippen LogP contribution < -0.4 is 5.32 Å². The van der Waals surface area contributed by atoms with E-state index in [9.17, 15) is 8.42 Å². The van der Waals surface area contributed by atoms with Crippen LogP contribution in [0.3, 0.4) is 0 Å². The zero-order chi connectivity index (χ0) is 13.8. The molecule has 5 nitrogen and oxygen atoms in total. The van der Waals surface area contributed by atoms with Crippen LogP contribution in [0.1, 0.15) is 25.5 Å². The lowest BCUT2D eigenvalue weighted by Crippen LogP contribution is -2.27. The van der Waals surface area contributed by atoms with Gasteiger partial charge in [0.2, 0.25) is 10.0 Å². The predicted molar refractivity (Wildman–Crippen MR) is 73.9 cm³/mol. The average molecular weight is 339 g/mol. The summed E-state index contributed by atoms with van der Waals surface area (Å²) in [5, 5.41) is 2.92. The Bertz CT molecular complexity index is 484. The summed E-state index contributed by atoms with van der Waals surface area (Å²) in [5.41, 5.74) is 0. The molecule has 0 atom stereocenters. The van der Waals surface area contributed by atoms with Gasteiger partial charge in [0.05, 0.1) is 6.54 Å². The molecule has 1 aromatic rings. The Labute approximate surface area is 117 Å². The highest BCUT2D eigenvalue weighted by Gasteiger charge is 2.26. The standard InChI is InChI=1S/C11H19BrN2O3S/c1-4-5-6-14(3)18(15,16)10-7-9(8-13-2)17-11(10)12/h7,13H,4-6,8H2,1-3H3. The van der Waals surface area contributed by atoms with Crippen LogP contribution in [-0.2, 0) is 16.6 Å². The van der Waals surface area contributed by atoms with Crippen LogP contribution in [0.15, 0.2) is 20.0 Å². The minimum Gasteiger partial charge on any atom is -0.452 e. The van der Waals surface area contributed by atoms with E-state index in [4.69, 9.17) is 4.42 Å². The van der Waals surface area contributed by atoms with Crippen LogP contribution in [0.4, 0.5) is 0 Å². The number of halogens is 1. The molecule has 0 saturated heterocycles. The smallest absolute Gasteiger partial charge is 0.247 e. The molecule has 1 rings (SSSR count). The third-order valence-electron chi connectivity index (χ3n) is 2.57. The molecule has 1 N–H and O–H groups in total. The summed E-state index contributed by atoms with van der Waals surface area (Å²) < 4.78 is 31.5. The lowest BCUT2D eigenvalue weighted by Gasteiger charge is -2.15. The summed E-state index contributed by atoms with van der Waals surface area (Å²) in [4.78, 5) is 0.186. The third kappa shape index (κ3) is 3.57. The number of hydrogen-bond donors (Lipinski definition) is 1. The van der Waals surface area contributed by atoms with Crippen molar-refractivity contribution in [1.82, 2.24) is 9.62 Å². The fraction of sp³-hybridized carbons (Fsp3) is 0.636. The first-order chi connectivity index (χ1) is 8.43. The molecule has 0 bridgehead atoms. The van der Waals surface area contributed by atoms with Gasteiger partial charge in [-0.25, -0.2) is 12.7 Å². The van der Waals surface area contributed by atoms with Gasteiger partial charge in [-0.15, -0.1) is 0 Å². The molecule has 0 spiro atoms. The van der Waals surface area contributed by atoms with Gasteiger partial charge in [-0.1, -0.05) is 13.3 Å². The molecule has 0 fully saturated rings. The predicted octanol–water partition coefficient (Wildman–Crippen LogP) is 2.18. The van der Waals surface area contributed by atoms with E-state index in [2.05, 4.69) is 21.2 Å². The largest absolute Gasteiger partial charge is 0.452 e. The normalized spacial score (nSPS) is 12.3. The Kier molecular flexibility index (Phi) is 5.84. The molecule has 0 saturated carbocycles. The maximum absolute atomic E-state index is 12.3. The highest BCUT2D eigenvalue weighted by molar-refractivity contribution is 9.10. The summed E-state index contributed by atoms with van der Waals surface area (Å²) in [6, 6.07) is 1.55. The SMILES string of the molecule is CCCCN(C)S(=O)(=O)c1cc(CNC)oc1Br. The van der Waals surface area contributed by atoms with Crippen LogP contribution in [0.2, 0.25) is 0 Å². The third-order valence-corrected chi connectivity index (χ3v) is 5.29. The first-order valence-electron chi connectivity index (χ1n) is 5.82. The monoisotopic (exact) mass is 338 g/mol. The maximum Gasteiger partial charge on any atom is 0.247 e. The summed E-state index contributed by atoms with van der Waals surface area (Å²) in [6.07, 6.45) is 1.80. The van der Waals surface area contributed by atoms with E-state index in [-0.39, 0.29) is 9.56 Å². The Morgan fingerprint density at radius 1 is 1.50 bits per heavy atom. The number of nitrogens with zero attached hydrogens (tertiary/aromatic N) is 1. The Hall–Kier alpha value is -0.370. The molecule has 18 heavy (non-hydrogen) atoms. The van der Waals surface area contributed by atoms with Crippen LogP contribution in [-0.4, -0.2) is 33.4 Å². The van der Waals surface area contributed by atoms with Gasteiger partial charge in [0.15, 0.2) is 4.67 Å². The van der Waals surface area contributed by atoms with E-state index >= 15 is 0 Å². The number of furan rings is 1. The summed E-state index contributed by atoms with van der Waals surface area (Å²) in [6.45, 7) is 3.03. The fourth-order valence-corrected chi connectivity index (χ4v) is 3.67. The topological polar surface area (TPSA) is 62.6 Å². The molecule has 0 aliphatic heterocycles. The molecule has 1 aromatic heterocycles. The molecule has 0 aliphatic rings.